The van der Waals surface area contributed by atoms with Gasteiger partial charge in [0.1, 0.15) is 24.2 Å². The van der Waals surface area contributed by atoms with Crippen molar-refractivity contribution in [3.05, 3.63) is 35.9 Å². The number of thioether (sulfide) groups is 2. The molecule has 0 aliphatic carbocycles. The van der Waals surface area contributed by atoms with Crippen molar-refractivity contribution >= 4 is 53.2 Å². The number of amides is 3. The number of nitrogens with zero attached hydrogens (tertiary/aromatic N) is 3. The molecule has 0 spiro atoms. The minimum Gasteiger partial charge on any atom is -0.480 e. The van der Waals surface area contributed by atoms with Gasteiger partial charge >= 0.3 is 18.0 Å². The highest BCUT2D eigenvalue weighted by Gasteiger charge is 2.31. The number of carbonyl (C=O) groups excluding carboxylic acids is 3. The molecular weight excluding hydrogens is 635 g/mol. The van der Waals surface area contributed by atoms with Crippen LogP contribution in [0.5, 0.6) is 12.0 Å². The highest BCUT2D eigenvalue weighted by atomic mass is 32.2. The second-order valence-corrected chi connectivity index (χ2v) is 12.7. The third-order valence-corrected chi connectivity index (χ3v) is 7.96. The maximum Gasteiger partial charge on any atom is 0.326 e. The van der Waals surface area contributed by atoms with E-state index in [1.54, 1.807) is 0 Å². The molecule has 0 saturated heterocycles. The van der Waals surface area contributed by atoms with Crippen molar-refractivity contribution in [2.75, 3.05) is 43.6 Å². The molecule has 0 aliphatic rings. The van der Waals surface area contributed by atoms with E-state index in [0.717, 1.165) is 5.56 Å². The van der Waals surface area contributed by atoms with E-state index < -0.39 is 47.9 Å². The molecule has 2 aromatic rings. The minimum absolute atomic E-state index is 0.00315. The molecule has 1 aromatic carbocycles. The number of hydrogen-bond acceptors (Lipinski definition) is 12. The van der Waals surface area contributed by atoms with E-state index in [-0.39, 0.29) is 43.1 Å². The van der Waals surface area contributed by atoms with E-state index >= 15 is 0 Å². The molecule has 3 amide bonds. The third kappa shape index (κ3) is 13.3. The normalized spacial score (nSPS) is 13.5. The van der Waals surface area contributed by atoms with Crippen molar-refractivity contribution in [2.24, 2.45) is 5.92 Å². The van der Waals surface area contributed by atoms with E-state index in [1.807, 2.05) is 56.7 Å². The number of carboxylic acid groups (broad SMARTS) is 1. The number of ether oxygens (including phenoxy) is 2. The van der Waals surface area contributed by atoms with Crippen LogP contribution >= 0.6 is 23.5 Å². The second kappa shape index (κ2) is 20.4. The molecule has 5 N–H and O–H groups in total. The molecule has 46 heavy (non-hydrogen) atoms. The van der Waals surface area contributed by atoms with Crippen LogP contribution in [0.4, 0.5) is 5.95 Å². The van der Waals surface area contributed by atoms with Gasteiger partial charge < -0.3 is 35.8 Å². The average molecular weight is 680 g/mol. The number of aromatic nitrogens is 3. The van der Waals surface area contributed by atoms with Gasteiger partial charge in [-0.3, -0.25) is 14.4 Å². The van der Waals surface area contributed by atoms with Crippen molar-refractivity contribution in [2.45, 2.75) is 63.7 Å². The Labute approximate surface area is 278 Å². The lowest BCUT2D eigenvalue weighted by molar-refractivity contribution is -0.142. The quantitative estimate of drug-likeness (QED) is 0.129. The van der Waals surface area contributed by atoms with Crippen LogP contribution in [0.15, 0.2) is 30.3 Å². The Bertz CT molecular complexity index is 1250. The second-order valence-electron chi connectivity index (χ2n) is 10.7. The highest BCUT2D eigenvalue weighted by molar-refractivity contribution is 7.98. The first-order chi connectivity index (χ1) is 22.0. The first kappa shape index (κ1) is 38.4. The molecule has 1 heterocycles. The van der Waals surface area contributed by atoms with Crippen LogP contribution < -0.4 is 30.7 Å². The summed E-state index contributed by atoms with van der Waals surface area (Å²) in [5.74, 6) is -1.60. The number of aliphatic carboxylic acids is 1. The molecule has 4 atom stereocenters. The average Bonchev–Trinajstić information content (AvgIpc) is 3.03. The number of carboxylic acids is 1. The summed E-state index contributed by atoms with van der Waals surface area (Å²) < 4.78 is 10.2. The van der Waals surface area contributed by atoms with Crippen LogP contribution in [0.1, 0.15) is 38.7 Å². The van der Waals surface area contributed by atoms with Gasteiger partial charge in [-0.25, -0.2) is 4.79 Å². The molecule has 0 fully saturated rings. The summed E-state index contributed by atoms with van der Waals surface area (Å²) >= 11 is 2.97. The summed E-state index contributed by atoms with van der Waals surface area (Å²) in [5.41, 5.74) is 0.771. The van der Waals surface area contributed by atoms with Gasteiger partial charge in [-0.05, 0) is 54.8 Å². The van der Waals surface area contributed by atoms with Gasteiger partial charge in [-0.15, -0.1) is 4.98 Å². The molecule has 2 rings (SSSR count). The van der Waals surface area contributed by atoms with Gasteiger partial charge in [0.25, 0.3) is 0 Å². The van der Waals surface area contributed by atoms with Crippen molar-refractivity contribution in [1.82, 2.24) is 30.9 Å². The molecule has 0 radical (unpaired) electrons. The van der Waals surface area contributed by atoms with Gasteiger partial charge in [0, 0.05) is 6.42 Å². The number of nitrogens with one attached hydrogen (secondary N) is 4. The first-order valence-electron chi connectivity index (χ1n) is 14.8. The van der Waals surface area contributed by atoms with Gasteiger partial charge in [0.15, 0.2) is 0 Å². The Kier molecular flexibility index (Phi) is 17.0. The van der Waals surface area contributed by atoms with Gasteiger partial charge in [0.05, 0.1) is 14.2 Å². The summed E-state index contributed by atoms with van der Waals surface area (Å²) in [6, 6.07) is 5.05. The van der Waals surface area contributed by atoms with Crippen LogP contribution in [0, 0.1) is 5.92 Å². The zero-order valence-electron chi connectivity index (χ0n) is 27.1. The highest BCUT2D eigenvalue weighted by Crippen LogP contribution is 2.16. The Morgan fingerprint density at radius 3 is 1.78 bits per heavy atom. The maximum absolute atomic E-state index is 13.7. The van der Waals surface area contributed by atoms with Crippen molar-refractivity contribution in [1.29, 1.82) is 0 Å². The number of benzene rings is 1. The van der Waals surface area contributed by atoms with Gasteiger partial charge in [-0.2, -0.15) is 33.5 Å². The lowest BCUT2D eigenvalue weighted by atomic mass is 10.0. The van der Waals surface area contributed by atoms with E-state index in [9.17, 15) is 24.3 Å². The van der Waals surface area contributed by atoms with E-state index in [1.165, 1.54) is 37.7 Å². The number of rotatable bonds is 21. The third-order valence-electron chi connectivity index (χ3n) is 6.67. The Hall–Kier alpha value is -3.79. The largest absolute Gasteiger partial charge is 0.480 e. The molecular formula is C30H45N7O7S2. The summed E-state index contributed by atoms with van der Waals surface area (Å²) in [5, 5.41) is 20.9. The monoisotopic (exact) mass is 679 g/mol. The number of carbonyl (C=O) groups is 4. The summed E-state index contributed by atoms with van der Waals surface area (Å²) in [7, 11) is 2.78. The molecule has 1 aromatic heterocycles. The lowest BCUT2D eigenvalue weighted by Gasteiger charge is -2.26. The van der Waals surface area contributed by atoms with Gasteiger partial charge in [-0.1, -0.05) is 44.2 Å². The fourth-order valence-electron chi connectivity index (χ4n) is 4.32. The van der Waals surface area contributed by atoms with E-state index in [4.69, 9.17) is 9.47 Å². The zero-order valence-corrected chi connectivity index (χ0v) is 28.7. The van der Waals surface area contributed by atoms with E-state index in [0.29, 0.717) is 17.9 Å². The molecule has 254 valence electrons. The standard InChI is InChI=1S/C30H45N7O7S2/c1-18(2)16-22(34-28-35-29(43-3)37-30(36-28)44-4)25(39)31-20(12-14-45-5)24(38)33-23(17-19-10-8-7-9-11-19)26(40)32-21(27(41)42)13-15-46-6/h7-11,18,20-23H,12-17H2,1-6H3,(H,31,39)(H,32,40)(H,33,38)(H,41,42)(H,34,35,36,37)/t20-,21-,22-,23-/m0/s1. The molecule has 0 aliphatic heterocycles. The summed E-state index contributed by atoms with van der Waals surface area (Å²) in [6.07, 6.45) is 4.74. The van der Waals surface area contributed by atoms with Crippen LogP contribution in [0.2, 0.25) is 0 Å². The molecule has 14 nitrogen and oxygen atoms in total. The van der Waals surface area contributed by atoms with Crippen molar-refractivity contribution < 1.29 is 33.8 Å². The fraction of sp³-hybridized carbons (Fsp3) is 0.567. The first-order valence-corrected chi connectivity index (χ1v) is 17.6. The molecule has 0 unspecified atom stereocenters. The number of anilines is 1. The van der Waals surface area contributed by atoms with Crippen LogP contribution in [-0.4, -0.2) is 106 Å². The fourth-order valence-corrected chi connectivity index (χ4v) is 5.26. The van der Waals surface area contributed by atoms with Crippen molar-refractivity contribution in [3.8, 4) is 12.0 Å². The van der Waals surface area contributed by atoms with Crippen LogP contribution in [0.25, 0.3) is 0 Å². The number of methoxy groups -OCH3 is 2. The molecule has 16 heteroatoms. The minimum atomic E-state index is -1.16. The van der Waals surface area contributed by atoms with Crippen LogP contribution in [0.3, 0.4) is 0 Å². The Morgan fingerprint density at radius 1 is 0.761 bits per heavy atom. The maximum atomic E-state index is 13.7. The Balaban J connectivity index is 2.31. The Morgan fingerprint density at radius 2 is 1.26 bits per heavy atom. The summed E-state index contributed by atoms with van der Waals surface area (Å²) in [6.45, 7) is 3.90. The topological polar surface area (TPSA) is 194 Å². The molecule has 0 bridgehead atoms. The SMILES string of the molecule is COc1nc(N[C@@H](CC(C)C)C(=O)N[C@@H](CCSC)C(=O)N[C@@H](Cc2ccccc2)C(=O)N[C@@H](CCSC)C(=O)O)nc(OC)n1. The number of hydrogen-bond donors (Lipinski definition) is 5. The van der Waals surface area contributed by atoms with Crippen LogP contribution in [-0.2, 0) is 25.6 Å². The predicted octanol–water partition coefficient (Wildman–Crippen LogP) is 2.00. The molecule has 0 saturated carbocycles. The van der Waals surface area contributed by atoms with Crippen molar-refractivity contribution in [3.63, 3.8) is 0 Å². The smallest absolute Gasteiger partial charge is 0.326 e. The van der Waals surface area contributed by atoms with E-state index in [2.05, 4.69) is 36.2 Å². The lowest BCUT2D eigenvalue weighted by Crippen LogP contribution is -2.57. The van der Waals surface area contributed by atoms with Gasteiger partial charge in [0.2, 0.25) is 23.7 Å². The zero-order chi connectivity index (χ0) is 34.1. The summed E-state index contributed by atoms with van der Waals surface area (Å²) in [4.78, 5) is 64.9. The predicted molar refractivity (Wildman–Crippen MR) is 179 cm³/mol.